The van der Waals surface area contributed by atoms with Crippen LogP contribution < -0.4 is 14.2 Å². The first-order valence-electron chi connectivity index (χ1n) is 11.0. The molecule has 6 nitrogen and oxygen atoms in total. The second-order valence-electron chi connectivity index (χ2n) is 7.56. The van der Waals surface area contributed by atoms with Crippen molar-refractivity contribution < 1.29 is 19.0 Å². The summed E-state index contributed by atoms with van der Waals surface area (Å²) in [4.78, 5) is 20.1. The first kappa shape index (κ1) is 25.1. The maximum Gasteiger partial charge on any atom is 0.266 e. The highest BCUT2D eigenvalue weighted by atomic mass is 127. The monoisotopic (exact) mass is 600 g/mol. The summed E-state index contributed by atoms with van der Waals surface area (Å²) in [6.07, 6.45) is 1.87. The maximum absolute atomic E-state index is 13.1. The highest BCUT2D eigenvalue weighted by Gasteiger charge is 2.32. The van der Waals surface area contributed by atoms with Gasteiger partial charge in [0.2, 0.25) is 0 Å². The number of methoxy groups -OCH3 is 2. The molecule has 0 saturated carbocycles. The molecular weight excluding hydrogens is 575 g/mol. The standard InChI is InChI=1S/C27H25IN2O4S/c1-4-30-26(31)24(35-27(30)29-20-10-12-21(32-2)13-11-20)16-19-14-22(28)25(23(15-19)33-3)34-17-18-8-6-5-7-9-18/h5-16H,4,17H2,1-3H3/b24-16+,29-27?. The van der Waals surface area contributed by atoms with Gasteiger partial charge >= 0.3 is 0 Å². The highest BCUT2D eigenvalue weighted by Crippen LogP contribution is 2.38. The minimum Gasteiger partial charge on any atom is -0.497 e. The minimum absolute atomic E-state index is 0.0665. The number of amides is 1. The highest BCUT2D eigenvalue weighted by molar-refractivity contribution is 14.1. The van der Waals surface area contributed by atoms with Crippen molar-refractivity contribution in [1.82, 2.24) is 4.90 Å². The molecule has 180 valence electrons. The third-order valence-corrected chi connectivity index (χ3v) is 7.08. The molecule has 0 bridgehead atoms. The van der Waals surface area contributed by atoms with Gasteiger partial charge in [0.15, 0.2) is 16.7 Å². The molecule has 0 unspecified atom stereocenters. The molecule has 3 aromatic carbocycles. The SMILES string of the molecule is CCN1C(=O)/C(=C\c2cc(I)c(OCc3ccccc3)c(OC)c2)SC1=Nc1ccc(OC)cc1. The zero-order valence-electron chi connectivity index (χ0n) is 19.7. The minimum atomic E-state index is -0.0665. The van der Waals surface area contributed by atoms with Crippen LogP contribution in [0.2, 0.25) is 0 Å². The molecule has 0 N–H and O–H groups in total. The zero-order valence-corrected chi connectivity index (χ0v) is 22.6. The Hall–Kier alpha value is -2.98. The molecular formula is C27H25IN2O4S. The smallest absolute Gasteiger partial charge is 0.266 e. The molecule has 0 aromatic heterocycles. The Morgan fingerprint density at radius 1 is 1.03 bits per heavy atom. The lowest BCUT2D eigenvalue weighted by Gasteiger charge is -2.14. The van der Waals surface area contributed by atoms with Gasteiger partial charge < -0.3 is 14.2 Å². The number of thioether (sulfide) groups is 1. The molecule has 0 atom stereocenters. The molecule has 0 spiro atoms. The summed E-state index contributed by atoms with van der Waals surface area (Å²) in [5.74, 6) is 2.00. The Labute approximate surface area is 223 Å². The normalized spacial score (nSPS) is 15.7. The lowest BCUT2D eigenvalue weighted by atomic mass is 10.1. The largest absolute Gasteiger partial charge is 0.497 e. The molecule has 1 heterocycles. The second kappa shape index (κ2) is 11.6. The average molecular weight is 600 g/mol. The quantitative estimate of drug-likeness (QED) is 0.218. The van der Waals surface area contributed by atoms with Gasteiger partial charge in [-0.1, -0.05) is 30.3 Å². The molecule has 1 amide bonds. The number of carbonyl (C=O) groups excluding carboxylic acids is 1. The fourth-order valence-electron chi connectivity index (χ4n) is 3.48. The molecule has 0 radical (unpaired) electrons. The zero-order chi connectivity index (χ0) is 24.8. The lowest BCUT2D eigenvalue weighted by molar-refractivity contribution is -0.122. The van der Waals surface area contributed by atoms with Gasteiger partial charge in [-0.2, -0.15) is 0 Å². The lowest BCUT2D eigenvalue weighted by Crippen LogP contribution is -2.28. The van der Waals surface area contributed by atoms with Crippen LogP contribution in [0.4, 0.5) is 5.69 Å². The van der Waals surface area contributed by atoms with E-state index in [9.17, 15) is 4.79 Å². The topological polar surface area (TPSA) is 60.4 Å². The van der Waals surface area contributed by atoms with Crippen LogP contribution in [0.15, 0.2) is 76.6 Å². The van der Waals surface area contributed by atoms with Crippen molar-refractivity contribution in [2.45, 2.75) is 13.5 Å². The Morgan fingerprint density at radius 2 is 1.77 bits per heavy atom. The van der Waals surface area contributed by atoms with Crippen LogP contribution in [-0.2, 0) is 11.4 Å². The van der Waals surface area contributed by atoms with E-state index in [1.165, 1.54) is 11.8 Å². The van der Waals surface area contributed by atoms with Crippen molar-refractivity contribution in [2.24, 2.45) is 4.99 Å². The fourth-order valence-corrected chi connectivity index (χ4v) is 5.33. The molecule has 1 saturated heterocycles. The van der Waals surface area contributed by atoms with Crippen molar-refractivity contribution in [2.75, 3.05) is 20.8 Å². The number of nitrogens with zero attached hydrogens (tertiary/aromatic N) is 2. The molecule has 1 aliphatic heterocycles. The number of hydrogen-bond acceptors (Lipinski definition) is 6. The van der Waals surface area contributed by atoms with Gasteiger partial charge in [0.05, 0.1) is 28.4 Å². The molecule has 4 rings (SSSR count). The Bertz CT molecular complexity index is 1260. The summed E-state index contributed by atoms with van der Waals surface area (Å²) in [6.45, 7) is 2.92. The molecule has 0 aliphatic carbocycles. The van der Waals surface area contributed by atoms with Gasteiger partial charge in [-0.05, 0) is 94.9 Å². The summed E-state index contributed by atoms with van der Waals surface area (Å²) in [5.41, 5.74) is 2.70. The fraction of sp³-hybridized carbons (Fsp3) is 0.185. The molecule has 1 fully saturated rings. The number of hydrogen-bond donors (Lipinski definition) is 0. The average Bonchev–Trinajstić information content (AvgIpc) is 3.17. The number of likely N-dealkylation sites (N-methyl/N-ethyl adjacent to an activating group) is 1. The van der Waals surface area contributed by atoms with Crippen LogP contribution in [0.5, 0.6) is 17.2 Å². The van der Waals surface area contributed by atoms with Gasteiger partial charge in [0, 0.05) is 6.54 Å². The van der Waals surface area contributed by atoms with Crippen LogP contribution in [0.25, 0.3) is 6.08 Å². The van der Waals surface area contributed by atoms with E-state index in [4.69, 9.17) is 14.2 Å². The van der Waals surface area contributed by atoms with Crippen LogP contribution in [0.3, 0.4) is 0 Å². The third kappa shape index (κ3) is 5.99. The summed E-state index contributed by atoms with van der Waals surface area (Å²) >= 11 is 3.60. The van der Waals surface area contributed by atoms with Crippen LogP contribution >= 0.6 is 34.4 Å². The Morgan fingerprint density at radius 3 is 2.43 bits per heavy atom. The van der Waals surface area contributed by atoms with Crippen molar-refractivity contribution in [3.8, 4) is 17.2 Å². The van der Waals surface area contributed by atoms with Crippen LogP contribution in [0.1, 0.15) is 18.1 Å². The van der Waals surface area contributed by atoms with E-state index in [1.54, 1.807) is 19.1 Å². The van der Waals surface area contributed by atoms with Crippen molar-refractivity contribution in [1.29, 1.82) is 0 Å². The second-order valence-corrected chi connectivity index (χ2v) is 9.73. The number of benzene rings is 3. The molecule has 3 aromatic rings. The van der Waals surface area contributed by atoms with E-state index < -0.39 is 0 Å². The van der Waals surface area contributed by atoms with Gasteiger partial charge in [-0.3, -0.25) is 9.69 Å². The van der Waals surface area contributed by atoms with Crippen molar-refractivity contribution >= 4 is 57.2 Å². The number of aliphatic imine (C=N–C) groups is 1. The van der Waals surface area contributed by atoms with E-state index in [1.807, 2.05) is 79.7 Å². The number of carbonyl (C=O) groups is 1. The summed E-state index contributed by atoms with van der Waals surface area (Å²) in [7, 11) is 3.24. The van der Waals surface area contributed by atoms with Gasteiger partial charge in [-0.15, -0.1) is 0 Å². The number of amidine groups is 1. The van der Waals surface area contributed by atoms with Gasteiger partial charge in [-0.25, -0.2) is 4.99 Å². The summed E-state index contributed by atoms with van der Waals surface area (Å²) in [6, 6.07) is 21.3. The van der Waals surface area contributed by atoms with Crippen molar-refractivity contribution in [3.05, 3.63) is 86.3 Å². The number of ether oxygens (including phenoxy) is 3. The van der Waals surface area contributed by atoms with Crippen LogP contribution in [0, 0.1) is 3.57 Å². The molecule has 8 heteroatoms. The van der Waals surface area contributed by atoms with Crippen LogP contribution in [-0.4, -0.2) is 36.7 Å². The first-order chi connectivity index (χ1) is 17.0. The number of rotatable bonds is 8. The predicted octanol–water partition coefficient (Wildman–Crippen LogP) is 6.51. The molecule has 35 heavy (non-hydrogen) atoms. The van der Waals surface area contributed by atoms with E-state index in [0.29, 0.717) is 34.7 Å². The Kier molecular flexibility index (Phi) is 8.35. The number of halogens is 1. The van der Waals surface area contributed by atoms with E-state index >= 15 is 0 Å². The van der Waals surface area contributed by atoms with E-state index in [0.717, 1.165) is 26.1 Å². The predicted molar refractivity (Wildman–Crippen MR) is 150 cm³/mol. The first-order valence-corrected chi connectivity index (χ1v) is 12.9. The van der Waals surface area contributed by atoms with Gasteiger partial charge in [0.1, 0.15) is 12.4 Å². The van der Waals surface area contributed by atoms with Gasteiger partial charge in [0.25, 0.3) is 5.91 Å². The summed E-state index contributed by atoms with van der Waals surface area (Å²) in [5, 5.41) is 0.651. The van der Waals surface area contributed by atoms with E-state index in [-0.39, 0.29) is 5.91 Å². The summed E-state index contributed by atoms with van der Waals surface area (Å²) < 4.78 is 17.8. The Balaban J connectivity index is 1.58. The van der Waals surface area contributed by atoms with E-state index in [2.05, 4.69) is 27.6 Å². The third-order valence-electron chi connectivity index (χ3n) is 5.28. The molecule has 1 aliphatic rings. The van der Waals surface area contributed by atoms with Crippen molar-refractivity contribution in [3.63, 3.8) is 0 Å². The maximum atomic E-state index is 13.1.